The highest BCUT2D eigenvalue weighted by atomic mass is 14.6. The Labute approximate surface area is 119 Å². The van der Waals surface area contributed by atoms with Crippen LogP contribution in [0.5, 0.6) is 0 Å². The lowest BCUT2D eigenvalue weighted by Gasteiger charge is -2.29. The fraction of sp³-hybridized carbons (Fsp3) is 0.667. The molecular weight excluding hydrogens is 230 g/mol. The number of hydrogen-bond donors (Lipinski definition) is 1. The molecular formula is C18H31N. The van der Waals surface area contributed by atoms with Gasteiger partial charge in [-0.05, 0) is 41.7 Å². The van der Waals surface area contributed by atoms with Gasteiger partial charge in [-0.2, -0.15) is 0 Å². The highest BCUT2D eigenvalue weighted by Crippen LogP contribution is 2.32. The fourth-order valence-electron chi connectivity index (χ4n) is 2.18. The molecule has 19 heavy (non-hydrogen) atoms. The van der Waals surface area contributed by atoms with E-state index in [1.54, 1.807) is 0 Å². The standard InChI is InChI=1S/C18H31N/c1-6-7-8-15-9-11-16(12-10-15)17(19)13-14(2)18(3,4)5/h9-12,14,17H,6-8,13,19H2,1-5H3. The molecule has 0 bridgehead atoms. The molecule has 2 N–H and O–H groups in total. The van der Waals surface area contributed by atoms with Crippen molar-refractivity contribution >= 4 is 0 Å². The summed E-state index contributed by atoms with van der Waals surface area (Å²) in [5.41, 5.74) is 9.38. The minimum atomic E-state index is 0.162. The molecule has 2 unspecified atom stereocenters. The van der Waals surface area contributed by atoms with Gasteiger partial charge >= 0.3 is 0 Å². The summed E-state index contributed by atoms with van der Waals surface area (Å²) in [5.74, 6) is 0.627. The minimum absolute atomic E-state index is 0.162. The maximum Gasteiger partial charge on any atom is 0.0297 e. The van der Waals surface area contributed by atoms with Crippen LogP contribution in [0.2, 0.25) is 0 Å². The van der Waals surface area contributed by atoms with E-state index in [1.165, 1.54) is 30.4 Å². The first-order chi connectivity index (χ1) is 8.84. The van der Waals surface area contributed by atoms with Gasteiger partial charge < -0.3 is 5.73 Å². The molecule has 0 heterocycles. The molecule has 0 spiro atoms. The molecule has 0 aromatic heterocycles. The molecule has 0 aliphatic carbocycles. The Morgan fingerprint density at radius 1 is 1.11 bits per heavy atom. The van der Waals surface area contributed by atoms with Gasteiger partial charge in [0.15, 0.2) is 0 Å². The highest BCUT2D eigenvalue weighted by Gasteiger charge is 2.22. The lowest BCUT2D eigenvalue weighted by atomic mass is 9.78. The van der Waals surface area contributed by atoms with E-state index in [0.717, 1.165) is 6.42 Å². The van der Waals surface area contributed by atoms with Crippen molar-refractivity contribution in [2.24, 2.45) is 17.1 Å². The van der Waals surface area contributed by atoms with Crippen LogP contribution in [0.15, 0.2) is 24.3 Å². The van der Waals surface area contributed by atoms with Gasteiger partial charge in [-0.25, -0.2) is 0 Å². The first-order valence-electron chi connectivity index (χ1n) is 7.69. The number of nitrogens with two attached hydrogens (primary N) is 1. The molecule has 1 aromatic carbocycles. The molecule has 108 valence electrons. The zero-order valence-corrected chi connectivity index (χ0v) is 13.4. The summed E-state index contributed by atoms with van der Waals surface area (Å²) in [6, 6.07) is 9.07. The zero-order valence-electron chi connectivity index (χ0n) is 13.4. The summed E-state index contributed by atoms with van der Waals surface area (Å²) in [5, 5.41) is 0. The first-order valence-corrected chi connectivity index (χ1v) is 7.69. The van der Waals surface area contributed by atoms with Crippen molar-refractivity contribution in [3.05, 3.63) is 35.4 Å². The normalized spacial score (nSPS) is 15.3. The lowest BCUT2D eigenvalue weighted by molar-refractivity contribution is 0.234. The third-order valence-corrected chi connectivity index (χ3v) is 4.31. The highest BCUT2D eigenvalue weighted by molar-refractivity contribution is 5.25. The summed E-state index contributed by atoms with van der Waals surface area (Å²) in [4.78, 5) is 0. The van der Waals surface area contributed by atoms with Crippen molar-refractivity contribution in [1.82, 2.24) is 0 Å². The number of benzene rings is 1. The van der Waals surface area contributed by atoms with Crippen LogP contribution < -0.4 is 5.73 Å². The topological polar surface area (TPSA) is 26.0 Å². The van der Waals surface area contributed by atoms with Crippen molar-refractivity contribution < 1.29 is 0 Å². The van der Waals surface area contributed by atoms with Crippen molar-refractivity contribution in [3.63, 3.8) is 0 Å². The molecule has 0 saturated carbocycles. The second-order valence-electron chi connectivity index (χ2n) is 6.95. The molecule has 2 atom stereocenters. The molecule has 0 aliphatic heterocycles. The monoisotopic (exact) mass is 261 g/mol. The Bertz CT molecular complexity index is 358. The molecule has 1 rings (SSSR count). The fourth-order valence-corrected chi connectivity index (χ4v) is 2.18. The maximum atomic E-state index is 6.34. The summed E-state index contributed by atoms with van der Waals surface area (Å²) >= 11 is 0. The van der Waals surface area contributed by atoms with Gasteiger partial charge in [0, 0.05) is 6.04 Å². The van der Waals surface area contributed by atoms with Crippen molar-refractivity contribution in [3.8, 4) is 0 Å². The quantitative estimate of drug-likeness (QED) is 0.757. The Morgan fingerprint density at radius 2 is 1.68 bits per heavy atom. The molecule has 0 radical (unpaired) electrons. The van der Waals surface area contributed by atoms with Crippen LogP contribution in [0.1, 0.15) is 71.0 Å². The summed E-state index contributed by atoms with van der Waals surface area (Å²) < 4.78 is 0. The van der Waals surface area contributed by atoms with Crippen molar-refractivity contribution in [2.45, 2.75) is 66.3 Å². The van der Waals surface area contributed by atoms with Crippen molar-refractivity contribution in [2.75, 3.05) is 0 Å². The average Bonchev–Trinajstić information content (AvgIpc) is 2.35. The largest absolute Gasteiger partial charge is 0.324 e. The average molecular weight is 261 g/mol. The molecule has 1 aromatic rings. The van der Waals surface area contributed by atoms with Crippen LogP contribution in [0, 0.1) is 11.3 Å². The Kier molecular flexibility index (Phi) is 6.06. The maximum absolute atomic E-state index is 6.34. The lowest BCUT2D eigenvalue weighted by Crippen LogP contribution is -2.23. The molecule has 0 amide bonds. The van der Waals surface area contributed by atoms with Crippen LogP contribution in [0.25, 0.3) is 0 Å². The van der Waals surface area contributed by atoms with E-state index in [9.17, 15) is 0 Å². The second-order valence-corrected chi connectivity index (χ2v) is 6.95. The predicted molar refractivity (Wildman–Crippen MR) is 85.2 cm³/mol. The van der Waals surface area contributed by atoms with Gasteiger partial charge in [0.1, 0.15) is 0 Å². The SMILES string of the molecule is CCCCc1ccc(C(N)CC(C)C(C)(C)C)cc1. The minimum Gasteiger partial charge on any atom is -0.324 e. The summed E-state index contributed by atoms with van der Waals surface area (Å²) in [6.07, 6.45) is 4.76. The number of hydrogen-bond acceptors (Lipinski definition) is 1. The molecule has 0 aliphatic rings. The summed E-state index contributed by atoms with van der Waals surface area (Å²) in [7, 11) is 0. The van der Waals surface area contributed by atoms with E-state index in [0.29, 0.717) is 11.3 Å². The van der Waals surface area contributed by atoms with Gasteiger partial charge in [0.05, 0.1) is 0 Å². The van der Waals surface area contributed by atoms with E-state index in [2.05, 4.69) is 58.9 Å². The first kappa shape index (κ1) is 16.2. The Morgan fingerprint density at radius 3 is 2.16 bits per heavy atom. The third kappa shape index (κ3) is 5.36. The number of aryl methyl sites for hydroxylation is 1. The van der Waals surface area contributed by atoms with Crippen LogP contribution >= 0.6 is 0 Å². The van der Waals surface area contributed by atoms with E-state index in [-0.39, 0.29) is 6.04 Å². The van der Waals surface area contributed by atoms with Crippen molar-refractivity contribution in [1.29, 1.82) is 0 Å². The second kappa shape index (κ2) is 7.09. The Hall–Kier alpha value is -0.820. The number of unbranched alkanes of at least 4 members (excludes halogenated alkanes) is 1. The van der Waals surface area contributed by atoms with Crippen LogP contribution in [0.4, 0.5) is 0 Å². The number of rotatable bonds is 6. The Balaban J connectivity index is 2.60. The van der Waals surface area contributed by atoms with Crippen LogP contribution in [0.3, 0.4) is 0 Å². The molecule has 1 heteroatoms. The smallest absolute Gasteiger partial charge is 0.0297 e. The zero-order chi connectivity index (χ0) is 14.5. The van der Waals surface area contributed by atoms with Gasteiger partial charge in [0.2, 0.25) is 0 Å². The van der Waals surface area contributed by atoms with Crippen LogP contribution in [-0.2, 0) is 6.42 Å². The third-order valence-electron chi connectivity index (χ3n) is 4.31. The van der Waals surface area contributed by atoms with E-state index < -0.39 is 0 Å². The van der Waals surface area contributed by atoms with Crippen LogP contribution in [-0.4, -0.2) is 0 Å². The predicted octanol–water partition coefficient (Wildman–Crippen LogP) is 5.10. The molecule has 0 fully saturated rings. The van der Waals surface area contributed by atoms with E-state index >= 15 is 0 Å². The molecule has 1 nitrogen and oxygen atoms in total. The van der Waals surface area contributed by atoms with Gasteiger partial charge in [0.25, 0.3) is 0 Å². The van der Waals surface area contributed by atoms with E-state index in [4.69, 9.17) is 5.73 Å². The van der Waals surface area contributed by atoms with E-state index in [1.807, 2.05) is 0 Å². The van der Waals surface area contributed by atoms with Gasteiger partial charge in [-0.1, -0.05) is 65.3 Å². The van der Waals surface area contributed by atoms with Gasteiger partial charge in [-0.15, -0.1) is 0 Å². The van der Waals surface area contributed by atoms with Gasteiger partial charge in [-0.3, -0.25) is 0 Å². The summed E-state index contributed by atoms with van der Waals surface area (Å²) in [6.45, 7) is 11.4. The molecule has 0 saturated heterocycles.